The van der Waals surface area contributed by atoms with Gasteiger partial charge in [0.05, 0.1) is 17.9 Å². The zero-order chi connectivity index (χ0) is 15.0. The number of rotatable bonds is 4. The maximum atomic E-state index is 11.5. The minimum Gasteiger partial charge on any atom is -0.364 e. The van der Waals surface area contributed by atoms with Gasteiger partial charge in [-0.05, 0) is 24.7 Å². The van der Waals surface area contributed by atoms with E-state index >= 15 is 0 Å². The SMILES string of the molecule is CSc1ncc2c(n1)-c1c(c(C(N)=O)nn1CC=O)CC2. The van der Waals surface area contributed by atoms with Gasteiger partial charge in [0.2, 0.25) is 0 Å². The number of hydrogen-bond acceptors (Lipinski definition) is 6. The molecule has 1 aliphatic rings. The molecule has 21 heavy (non-hydrogen) atoms. The maximum absolute atomic E-state index is 11.5. The summed E-state index contributed by atoms with van der Waals surface area (Å²) in [7, 11) is 0. The van der Waals surface area contributed by atoms with Crippen LogP contribution in [0.3, 0.4) is 0 Å². The topological polar surface area (TPSA) is 104 Å². The van der Waals surface area contributed by atoms with Crippen molar-refractivity contribution in [3.05, 3.63) is 23.0 Å². The molecule has 2 heterocycles. The first-order valence-electron chi connectivity index (χ1n) is 6.39. The van der Waals surface area contributed by atoms with Crippen LogP contribution in [-0.2, 0) is 24.2 Å². The van der Waals surface area contributed by atoms with Crippen LogP contribution >= 0.6 is 11.8 Å². The number of carbonyl (C=O) groups is 2. The molecule has 1 aliphatic carbocycles. The first-order valence-corrected chi connectivity index (χ1v) is 7.61. The quantitative estimate of drug-likeness (QED) is 0.500. The molecule has 0 saturated heterocycles. The molecule has 1 amide bonds. The molecule has 0 aliphatic heterocycles. The highest BCUT2D eigenvalue weighted by Gasteiger charge is 2.28. The molecule has 0 unspecified atom stereocenters. The average Bonchev–Trinajstić information content (AvgIpc) is 2.86. The number of aldehydes is 1. The van der Waals surface area contributed by atoms with Crippen molar-refractivity contribution < 1.29 is 9.59 Å². The van der Waals surface area contributed by atoms with Crippen molar-refractivity contribution in [1.82, 2.24) is 19.7 Å². The molecule has 0 aromatic carbocycles. The van der Waals surface area contributed by atoms with E-state index < -0.39 is 5.91 Å². The standard InChI is InChI=1S/C13H13N5O2S/c1-21-13-15-6-7-2-3-8-10(12(14)20)17-18(4-5-19)11(8)9(7)16-13/h5-6H,2-4H2,1H3,(H2,14,20). The number of nitrogens with two attached hydrogens (primary N) is 1. The van der Waals surface area contributed by atoms with Gasteiger partial charge in [-0.3, -0.25) is 9.48 Å². The van der Waals surface area contributed by atoms with Gasteiger partial charge in [0, 0.05) is 11.8 Å². The summed E-state index contributed by atoms with van der Waals surface area (Å²) in [5.74, 6) is -0.585. The van der Waals surface area contributed by atoms with Gasteiger partial charge in [0.25, 0.3) is 5.91 Å². The minimum absolute atomic E-state index is 0.0632. The van der Waals surface area contributed by atoms with Crippen LogP contribution in [0.5, 0.6) is 0 Å². The Balaban J connectivity index is 2.26. The highest BCUT2D eigenvalue weighted by atomic mass is 32.2. The van der Waals surface area contributed by atoms with E-state index in [4.69, 9.17) is 5.73 Å². The van der Waals surface area contributed by atoms with Crippen molar-refractivity contribution in [1.29, 1.82) is 0 Å². The summed E-state index contributed by atoms with van der Waals surface area (Å²) < 4.78 is 1.50. The molecule has 0 saturated carbocycles. The van der Waals surface area contributed by atoms with Gasteiger partial charge >= 0.3 is 0 Å². The van der Waals surface area contributed by atoms with Crippen molar-refractivity contribution in [3.63, 3.8) is 0 Å². The summed E-state index contributed by atoms with van der Waals surface area (Å²) in [6, 6.07) is 0. The number of amides is 1. The van der Waals surface area contributed by atoms with Gasteiger partial charge in [-0.1, -0.05) is 11.8 Å². The lowest BCUT2D eigenvalue weighted by atomic mass is 9.93. The lowest BCUT2D eigenvalue weighted by molar-refractivity contribution is -0.108. The number of fused-ring (bicyclic) bond motifs is 3. The average molecular weight is 303 g/mol. The molecule has 2 N–H and O–H groups in total. The summed E-state index contributed by atoms with van der Waals surface area (Å²) in [6.07, 6.45) is 5.79. The van der Waals surface area contributed by atoms with Crippen LogP contribution in [0.25, 0.3) is 11.4 Å². The predicted molar refractivity (Wildman–Crippen MR) is 77.0 cm³/mol. The molecule has 3 rings (SSSR count). The number of hydrogen-bond donors (Lipinski definition) is 1. The maximum Gasteiger partial charge on any atom is 0.269 e. The normalized spacial score (nSPS) is 12.6. The third-order valence-corrected chi connectivity index (χ3v) is 3.99. The van der Waals surface area contributed by atoms with Crippen LogP contribution in [0.4, 0.5) is 0 Å². The molecule has 8 heteroatoms. The summed E-state index contributed by atoms with van der Waals surface area (Å²) in [4.78, 5) is 31.2. The molecule has 7 nitrogen and oxygen atoms in total. The number of carbonyl (C=O) groups excluding carboxylic acids is 2. The van der Waals surface area contributed by atoms with Crippen LogP contribution in [0.15, 0.2) is 11.4 Å². The highest BCUT2D eigenvalue weighted by Crippen LogP contribution is 2.34. The fourth-order valence-corrected chi connectivity index (χ4v) is 2.88. The third-order valence-electron chi connectivity index (χ3n) is 3.43. The zero-order valence-electron chi connectivity index (χ0n) is 11.4. The Hall–Kier alpha value is -2.22. The Kier molecular flexibility index (Phi) is 3.46. The molecular weight excluding hydrogens is 290 g/mol. The second-order valence-electron chi connectivity index (χ2n) is 4.62. The van der Waals surface area contributed by atoms with Gasteiger partial charge in [-0.15, -0.1) is 0 Å². The van der Waals surface area contributed by atoms with Crippen LogP contribution in [0.2, 0.25) is 0 Å². The van der Waals surface area contributed by atoms with E-state index in [-0.39, 0.29) is 12.2 Å². The number of aromatic nitrogens is 4. The van der Waals surface area contributed by atoms with Gasteiger partial charge in [-0.2, -0.15) is 5.10 Å². The van der Waals surface area contributed by atoms with Crippen molar-refractivity contribution in [2.75, 3.05) is 6.26 Å². The van der Waals surface area contributed by atoms with Crippen LogP contribution in [-0.4, -0.2) is 38.2 Å². The second-order valence-corrected chi connectivity index (χ2v) is 5.39. The molecular formula is C13H13N5O2S. The molecule has 108 valence electrons. The summed E-state index contributed by atoms with van der Waals surface area (Å²) in [5, 5.41) is 4.82. The third kappa shape index (κ3) is 2.21. The molecule has 0 atom stereocenters. The fourth-order valence-electron chi connectivity index (χ4n) is 2.54. The zero-order valence-corrected chi connectivity index (χ0v) is 12.2. The van der Waals surface area contributed by atoms with Crippen LogP contribution in [0, 0.1) is 0 Å². The van der Waals surface area contributed by atoms with Crippen molar-refractivity contribution >= 4 is 24.0 Å². The van der Waals surface area contributed by atoms with E-state index in [0.717, 1.165) is 29.5 Å². The van der Waals surface area contributed by atoms with Crippen molar-refractivity contribution in [3.8, 4) is 11.4 Å². The first-order chi connectivity index (χ1) is 10.2. The van der Waals surface area contributed by atoms with Crippen LogP contribution < -0.4 is 5.73 Å². The van der Waals surface area contributed by atoms with Crippen LogP contribution in [0.1, 0.15) is 21.6 Å². The molecule has 0 spiro atoms. The summed E-state index contributed by atoms with van der Waals surface area (Å²) in [5.41, 5.74) is 8.80. The lowest BCUT2D eigenvalue weighted by Crippen LogP contribution is -2.15. The van der Waals surface area contributed by atoms with Gasteiger partial charge in [0.1, 0.15) is 6.29 Å². The number of thioether (sulfide) groups is 1. The van der Waals surface area contributed by atoms with Crippen molar-refractivity contribution in [2.45, 2.75) is 24.5 Å². The number of nitrogens with zero attached hydrogens (tertiary/aromatic N) is 4. The Morgan fingerprint density at radius 1 is 1.52 bits per heavy atom. The van der Waals surface area contributed by atoms with E-state index in [0.29, 0.717) is 17.3 Å². The lowest BCUT2D eigenvalue weighted by Gasteiger charge is -2.17. The van der Waals surface area contributed by atoms with E-state index in [1.54, 1.807) is 6.20 Å². The molecule has 0 radical (unpaired) electrons. The summed E-state index contributed by atoms with van der Waals surface area (Å²) >= 11 is 1.44. The van der Waals surface area contributed by atoms with E-state index in [9.17, 15) is 9.59 Å². The molecule has 0 fully saturated rings. The molecule has 2 aromatic heterocycles. The van der Waals surface area contributed by atoms with E-state index in [1.165, 1.54) is 16.4 Å². The molecule has 0 bridgehead atoms. The molecule has 2 aromatic rings. The Bertz CT molecular complexity index is 740. The van der Waals surface area contributed by atoms with Crippen molar-refractivity contribution in [2.24, 2.45) is 5.73 Å². The fraction of sp³-hybridized carbons (Fsp3) is 0.308. The number of aryl methyl sites for hydroxylation is 1. The van der Waals surface area contributed by atoms with E-state index in [2.05, 4.69) is 15.1 Å². The number of primary amides is 1. The Morgan fingerprint density at radius 2 is 2.33 bits per heavy atom. The monoisotopic (exact) mass is 303 g/mol. The minimum atomic E-state index is -0.585. The summed E-state index contributed by atoms with van der Waals surface area (Å²) in [6.45, 7) is 0.0632. The smallest absolute Gasteiger partial charge is 0.269 e. The largest absolute Gasteiger partial charge is 0.364 e. The van der Waals surface area contributed by atoms with Gasteiger partial charge in [-0.25, -0.2) is 9.97 Å². The Morgan fingerprint density at radius 3 is 3.00 bits per heavy atom. The van der Waals surface area contributed by atoms with E-state index in [1.807, 2.05) is 6.26 Å². The predicted octanol–water partition coefficient (Wildman–Crippen LogP) is 0.458. The van der Waals surface area contributed by atoms with Gasteiger partial charge < -0.3 is 10.5 Å². The second kappa shape index (κ2) is 5.28. The first kappa shape index (κ1) is 13.7. The Labute approximate surface area is 125 Å². The highest BCUT2D eigenvalue weighted by molar-refractivity contribution is 7.98. The van der Waals surface area contributed by atoms with Gasteiger partial charge in [0.15, 0.2) is 10.9 Å².